The minimum Gasteiger partial charge on any atom is -0.393 e. The van der Waals surface area contributed by atoms with Gasteiger partial charge in [-0.3, -0.25) is 0 Å². The van der Waals surface area contributed by atoms with E-state index in [0.29, 0.717) is 5.41 Å². The van der Waals surface area contributed by atoms with Crippen LogP contribution >= 0.6 is 0 Å². The van der Waals surface area contributed by atoms with Crippen LogP contribution in [0.1, 0.15) is 51.4 Å². The molecule has 0 aromatic heterocycles. The molecule has 2 nitrogen and oxygen atoms in total. The van der Waals surface area contributed by atoms with Crippen molar-refractivity contribution < 1.29 is 5.11 Å². The fourth-order valence-corrected chi connectivity index (χ4v) is 3.80. The first-order valence-electron chi connectivity index (χ1n) is 6.59. The monoisotopic (exact) mass is 211 g/mol. The minimum absolute atomic E-state index is 0.0172. The lowest BCUT2D eigenvalue weighted by atomic mass is 9.64. The summed E-state index contributed by atoms with van der Waals surface area (Å²) in [6.45, 7) is 1.16. The summed E-state index contributed by atoms with van der Waals surface area (Å²) in [6, 6.07) is 0. The maximum absolute atomic E-state index is 9.63. The van der Waals surface area contributed by atoms with Gasteiger partial charge in [0.25, 0.3) is 0 Å². The van der Waals surface area contributed by atoms with E-state index in [9.17, 15) is 5.11 Å². The van der Waals surface area contributed by atoms with Crippen molar-refractivity contribution in [1.82, 2.24) is 5.32 Å². The smallest absolute Gasteiger partial charge is 0.0540 e. The van der Waals surface area contributed by atoms with Gasteiger partial charge in [0.15, 0.2) is 0 Å². The van der Waals surface area contributed by atoms with Gasteiger partial charge in [0.05, 0.1) is 6.10 Å². The van der Waals surface area contributed by atoms with Crippen LogP contribution in [0.5, 0.6) is 0 Å². The van der Waals surface area contributed by atoms with E-state index >= 15 is 0 Å². The van der Waals surface area contributed by atoms with Crippen molar-refractivity contribution in [2.24, 2.45) is 11.3 Å². The van der Waals surface area contributed by atoms with Gasteiger partial charge in [0.2, 0.25) is 0 Å². The second kappa shape index (κ2) is 4.84. The van der Waals surface area contributed by atoms with E-state index in [1.54, 1.807) is 0 Å². The van der Waals surface area contributed by atoms with Crippen LogP contribution in [0.4, 0.5) is 0 Å². The van der Waals surface area contributed by atoms with Gasteiger partial charge in [0.1, 0.15) is 0 Å². The number of aliphatic hydroxyl groups is 1. The quantitative estimate of drug-likeness (QED) is 0.751. The molecule has 2 saturated carbocycles. The van der Waals surface area contributed by atoms with Crippen LogP contribution in [-0.4, -0.2) is 24.8 Å². The van der Waals surface area contributed by atoms with Gasteiger partial charge in [-0.25, -0.2) is 0 Å². The Hall–Kier alpha value is -0.0800. The van der Waals surface area contributed by atoms with Crippen LogP contribution < -0.4 is 5.32 Å². The summed E-state index contributed by atoms with van der Waals surface area (Å²) >= 11 is 0. The Balaban J connectivity index is 2.02. The van der Waals surface area contributed by atoms with Crippen LogP contribution in [0.2, 0.25) is 0 Å². The molecule has 0 heterocycles. The number of aliphatic hydroxyl groups excluding tert-OH is 1. The molecule has 0 saturated heterocycles. The zero-order valence-electron chi connectivity index (χ0n) is 9.97. The Bertz CT molecular complexity index is 191. The lowest BCUT2D eigenvalue weighted by Gasteiger charge is -2.43. The van der Waals surface area contributed by atoms with Gasteiger partial charge >= 0.3 is 0 Å². The number of hydrogen-bond acceptors (Lipinski definition) is 2. The number of hydrogen-bond donors (Lipinski definition) is 2. The minimum atomic E-state index is -0.0172. The number of nitrogens with one attached hydrogen (secondary N) is 1. The van der Waals surface area contributed by atoms with Crippen LogP contribution in [0.25, 0.3) is 0 Å². The number of rotatable bonds is 3. The van der Waals surface area contributed by atoms with Gasteiger partial charge in [-0.05, 0) is 56.9 Å². The average Bonchev–Trinajstić information content (AvgIpc) is 2.76. The van der Waals surface area contributed by atoms with Crippen LogP contribution in [0, 0.1) is 11.3 Å². The van der Waals surface area contributed by atoms with Crippen molar-refractivity contribution in [3.8, 4) is 0 Å². The maximum Gasteiger partial charge on any atom is 0.0540 e. The molecule has 2 fully saturated rings. The lowest BCUT2D eigenvalue weighted by Crippen LogP contribution is -2.42. The Morgan fingerprint density at radius 1 is 1.13 bits per heavy atom. The van der Waals surface area contributed by atoms with E-state index in [-0.39, 0.29) is 6.10 Å². The molecule has 0 atom stereocenters. The molecule has 2 aliphatic rings. The van der Waals surface area contributed by atoms with Crippen LogP contribution in [0.15, 0.2) is 0 Å². The van der Waals surface area contributed by atoms with Gasteiger partial charge in [-0.2, -0.15) is 0 Å². The summed E-state index contributed by atoms with van der Waals surface area (Å²) in [7, 11) is 2.07. The van der Waals surface area contributed by atoms with Gasteiger partial charge in [0, 0.05) is 6.54 Å². The SMILES string of the molecule is CNCC1(C2CCCC2)CCC(O)CC1. The average molecular weight is 211 g/mol. The molecule has 2 rings (SSSR count). The molecule has 0 aromatic rings. The highest BCUT2D eigenvalue weighted by Crippen LogP contribution is 2.48. The molecule has 0 amide bonds. The molecule has 0 radical (unpaired) electrons. The summed E-state index contributed by atoms with van der Waals surface area (Å²) in [5, 5.41) is 13.0. The standard InChI is InChI=1S/C13H25NO/c1-14-10-13(11-4-2-3-5-11)8-6-12(15)7-9-13/h11-12,14-15H,2-10H2,1H3. The molecule has 0 bridgehead atoms. The maximum atomic E-state index is 9.63. The Labute approximate surface area is 93.5 Å². The second-order valence-corrected chi connectivity index (χ2v) is 5.61. The zero-order valence-corrected chi connectivity index (χ0v) is 9.97. The van der Waals surface area contributed by atoms with Gasteiger partial charge in [-0.15, -0.1) is 0 Å². The third-order valence-corrected chi connectivity index (χ3v) is 4.70. The lowest BCUT2D eigenvalue weighted by molar-refractivity contribution is 0.0271. The summed E-state index contributed by atoms with van der Waals surface area (Å²) in [5.74, 6) is 0.928. The molecule has 0 unspecified atom stereocenters. The van der Waals surface area contributed by atoms with Crippen molar-refractivity contribution in [3.63, 3.8) is 0 Å². The fourth-order valence-electron chi connectivity index (χ4n) is 3.80. The van der Waals surface area contributed by atoms with E-state index in [4.69, 9.17) is 0 Å². The topological polar surface area (TPSA) is 32.3 Å². The normalized spacial score (nSPS) is 38.4. The largest absolute Gasteiger partial charge is 0.393 e. The molecule has 0 aromatic carbocycles. The third-order valence-electron chi connectivity index (χ3n) is 4.70. The van der Waals surface area contributed by atoms with Gasteiger partial charge in [-0.1, -0.05) is 12.8 Å². The molecule has 0 spiro atoms. The van der Waals surface area contributed by atoms with E-state index < -0.39 is 0 Å². The second-order valence-electron chi connectivity index (χ2n) is 5.61. The Morgan fingerprint density at radius 3 is 2.27 bits per heavy atom. The summed E-state index contributed by atoms with van der Waals surface area (Å²) in [4.78, 5) is 0. The predicted octanol–water partition coefficient (Wildman–Crippen LogP) is 2.32. The Morgan fingerprint density at radius 2 is 1.73 bits per heavy atom. The zero-order chi connectivity index (χ0) is 10.7. The van der Waals surface area contributed by atoms with Crippen molar-refractivity contribution >= 4 is 0 Å². The highest BCUT2D eigenvalue weighted by Gasteiger charge is 2.41. The van der Waals surface area contributed by atoms with E-state index in [1.807, 2.05) is 0 Å². The van der Waals surface area contributed by atoms with Crippen molar-refractivity contribution in [1.29, 1.82) is 0 Å². The molecule has 88 valence electrons. The molecule has 2 heteroatoms. The fraction of sp³-hybridized carbons (Fsp3) is 1.00. The van der Waals surface area contributed by atoms with Crippen molar-refractivity contribution in [3.05, 3.63) is 0 Å². The van der Waals surface area contributed by atoms with Crippen molar-refractivity contribution in [2.45, 2.75) is 57.5 Å². The highest BCUT2D eigenvalue weighted by molar-refractivity contribution is 4.94. The first-order chi connectivity index (χ1) is 7.27. The molecule has 0 aliphatic heterocycles. The molecule has 2 aliphatic carbocycles. The van der Waals surface area contributed by atoms with E-state index in [2.05, 4.69) is 12.4 Å². The molecular formula is C13H25NO. The first-order valence-corrected chi connectivity index (χ1v) is 6.59. The van der Waals surface area contributed by atoms with Crippen LogP contribution in [-0.2, 0) is 0 Å². The molecule has 15 heavy (non-hydrogen) atoms. The predicted molar refractivity (Wildman–Crippen MR) is 62.8 cm³/mol. The first kappa shape index (κ1) is 11.4. The highest BCUT2D eigenvalue weighted by atomic mass is 16.3. The Kier molecular flexibility index (Phi) is 3.68. The molecular weight excluding hydrogens is 186 g/mol. The summed E-state index contributed by atoms with van der Waals surface area (Å²) in [6.07, 6.45) is 10.2. The van der Waals surface area contributed by atoms with E-state index in [0.717, 1.165) is 25.3 Å². The van der Waals surface area contributed by atoms with Gasteiger partial charge < -0.3 is 10.4 Å². The molecule has 2 N–H and O–H groups in total. The summed E-state index contributed by atoms with van der Waals surface area (Å²) in [5.41, 5.74) is 0.518. The third kappa shape index (κ3) is 2.36. The van der Waals surface area contributed by atoms with Crippen molar-refractivity contribution in [2.75, 3.05) is 13.6 Å². The van der Waals surface area contributed by atoms with Crippen LogP contribution in [0.3, 0.4) is 0 Å². The van der Waals surface area contributed by atoms with E-state index in [1.165, 1.54) is 38.5 Å². The summed E-state index contributed by atoms with van der Waals surface area (Å²) < 4.78 is 0.